The Morgan fingerprint density at radius 3 is 2.24 bits per heavy atom. The summed E-state index contributed by atoms with van der Waals surface area (Å²) in [5.41, 5.74) is 0.831. The monoisotopic (exact) mass is 290 g/mol. The molecule has 0 saturated heterocycles. The lowest BCUT2D eigenvalue weighted by Gasteiger charge is -2.12. The average molecular weight is 290 g/mol. The van der Waals surface area contributed by atoms with E-state index in [4.69, 9.17) is 0 Å². The molecule has 3 nitrogen and oxygen atoms in total. The molecule has 1 heterocycles. The van der Waals surface area contributed by atoms with Crippen molar-refractivity contribution in [3.05, 3.63) is 24.5 Å². The van der Waals surface area contributed by atoms with Gasteiger partial charge < -0.3 is 5.32 Å². The Bertz CT molecular complexity index is 378. The minimum atomic E-state index is 0.0817. The van der Waals surface area contributed by atoms with Crippen LogP contribution >= 0.6 is 0 Å². The van der Waals surface area contributed by atoms with E-state index in [1.807, 2.05) is 19.1 Å². The number of carbonyl (C=O) groups is 1. The molecular weight excluding hydrogens is 260 g/mol. The maximum Gasteiger partial charge on any atom is 0.227 e. The van der Waals surface area contributed by atoms with Crippen LogP contribution in [-0.2, 0) is 4.79 Å². The van der Waals surface area contributed by atoms with Crippen molar-refractivity contribution >= 4 is 11.6 Å². The van der Waals surface area contributed by atoms with Gasteiger partial charge in [-0.15, -0.1) is 0 Å². The van der Waals surface area contributed by atoms with Gasteiger partial charge in [0.25, 0.3) is 0 Å². The fourth-order valence-electron chi connectivity index (χ4n) is 2.42. The fraction of sp³-hybridized carbons (Fsp3) is 0.667. The van der Waals surface area contributed by atoms with Gasteiger partial charge in [-0.05, 0) is 18.6 Å². The van der Waals surface area contributed by atoms with Gasteiger partial charge >= 0.3 is 0 Å². The van der Waals surface area contributed by atoms with Crippen molar-refractivity contribution in [3.63, 3.8) is 0 Å². The number of aromatic nitrogens is 1. The average Bonchev–Trinajstić information content (AvgIpc) is 2.50. The van der Waals surface area contributed by atoms with Crippen LogP contribution in [0.25, 0.3) is 0 Å². The lowest BCUT2D eigenvalue weighted by molar-refractivity contribution is -0.119. The maximum atomic E-state index is 12.0. The lowest BCUT2D eigenvalue weighted by Crippen LogP contribution is -2.20. The van der Waals surface area contributed by atoms with Crippen molar-refractivity contribution in [1.29, 1.82) is 0 Å². The smallest absolute Gasteiger partial charge is 0.227 e. The number of nitrogens with one attached hydrogen (secondary N) is 1. The van der Waals surface area contributed by atoms with Crippen molar-refractivity contribution < 1.29 is 4.79 Å². The SMILES string of the molecule is CCCCCCCCCCC(C)C(=O)Nc1ccncc1. The molecule has 0 saturated carbocycles. The Kier molecular flexibility index (Phi) is 9.51. The zero-order chi connectivity index (χ0) is 15.3. The van der Waals surface area contributed by atoms with Gasteiger partial charge in [-0.1, -0.05) is 65.2 Å². The van der Waals surface area contributed by atoms with Crippen LogP contribution in [0.5, 0.6) is 0 Å². The van der Waals surface area contributed by atoms with Gasteiger partial charge in [-0.2, -0.15) is 0 Å². The third-order valence-corrected chi connectivity index (χ3v) is 3.89. The Labute approximate surface area is 129 Å². The molecule has 21 heavy (non-hydrogen) atoms. The summed E-state index contributed by atoms with van der Waals surface area (Å²) < 4.78 is 0. The zero-order valence-corrected chi connectivity index (χ0v) is 13.6. The quantitative estimate of drug-likeness (QED) is 0.570. The second-order valence-electron chi connectivity index (χ2n) is 5.89. The Morgan fingerprint density at radius 2 is 1.62 bits per heavy atom. The van der Waals surface area contributed by atoms with Crippen LogP contribution in [0.15, 0.2) is 24.5 Å². The van der Waals surface area contributed by atoms with Crippen molar-refractivity contribution in [1.82, 2.24) is 4.98 Å². The molecule has 0 aromatic carbocycles. The highest BCUT2D eigenvalue weighted by Crippen LogP contribution is 2.15. The van der Waals surface area contributed by atoms with Crippen LogP contribution in [0.1, 0.15) is 71.6 Å². The summed E-state index contributed by atoms with van der Waals surface area (Å²) in [6.45, 7) is 4.26. The summed E-state index contributed by atoms with van der Waals surface area (Å²) in [4.78, 5) is 16.0. The number of carbonyl (C=O) groups excluding carboxylic acids is 1. The first-order valence-electron chi connectivity index (χ1n) is 8.45. The molecule has 1 amide bonds. The summed E-state index contributed by atoms with van der Waals surface area (Å²) in [7, 11) is 0. The third kappa shape index (κ3) is 8.49. The van der Waals surface area contributed by atoms with E-state index in [1.165, 1.54) is 44.9 Å². The Hall–Kier alpha value is -1.38. The highest BCUT2D eigenvalue weighted by atomic mass is 16.1. The summed E-state index contributed by atoms with van der Waals surface area (Å²) >= 11 is 0. The molecule has 0 spiro atoms. The van der Waals surface area contributed by atoms with E-state index in [-0.39, 0.29) is 11.8 Å². The van der Waals surface area contributed by atoms with Crippen molar-refractivity contribution in [3.8, 4) is 0 Å². The molecule has 1 aromatic rings. The van der Waals surface area contributed by atoms with Crippen LogP contribution in [-0.4, -0.2) is 10.9 Å². The normalized spacial score (nSPS) is 12.1. The number of rotatable bonds is 11. The van der Waals surface area contributed by atoms with Gasteiger partial charge in [0.2, 0.25) is 5.91 Å². The first kappa shape index (κ1) is 17.7. The molecule has 0 aliphatic rings. The molecule has 1 unspecified atom stereocenters. The molecular formula is C18H30N2O. The number of hydrogen-bond donors (Lipinski definition) is 1. The van der Waals surface area contributed by atoms with Gasteiger partial charge in [0.1, 0.15) is 0 Å². The minimum Gasteiger partial charge on any atom is -0.326 e. The number of nitrogens with zero attached hydrogens (tertiary/aromatic N) is 1. The largest absolute Gasteiger partial charge is 0.326 e. The van der Waals surface area contributed by atoms with Gasteiger partial charge in [-0.25, -0.2) is 0 Å². The van der Waals surface area contributed by atoms with E-state index in [1.54, 1.807) is 12.4 Å². The number of hydrogen-bond acceptors (Lipinski definition) is 2. The molecule has 1 atom stereocenters. The van der Waals surface area contributed by atoms with Gasteiger partial charge in [-0.3, -0.25) is 9.78 Å². The molecule has 0 fully saturated rings. The zero-order valence-electron chi connectivity index (χ0n) is 13.6. The van der Waals surface area contributed by atoms with E-state index in [2.05, 4.69) is 17.2 Å². The minimum absolute atomic E-state index is 0.0817. The highest BCUT2D eigenvalue weighted by molar-refractivity contribution is 5.92. The van der Waals surface area contributed by atoms with E-state index in [0.717, 1.165) is 18.5 Å². The van der Waals surface area contributed by atoms with Crippen LogP contribution in [0.2, 0.25) is 0 Å². The first-order chi connectivity index (χ1) is 10.2. The number of pyridine rings is 1. The topological polar surface area (TPSA) is 42.0 Å². The summed E-state index contributed by atoms with van der Waals surface area (Å²) in [6.07, 6.45) is 14.8. The maximum absolute atomic E-state index is 12.0. The molecule has 118 valence electrons. The highest BCUT2D eigenvalue weighted by Gasteiger charge is 2.12. The molecule has 0 aliphatic heterocycles. The molecule has 0 aliphatic carbocycles. The van der Waals surface area contributed by atoms with E-state index in [0.29, 0.717) is 0 Å². The standard InChI is InChI=1S/C18H30N2O/c1-3-4-5-6-7-8-9-10-11-16(2)18(21)20-17-12-14-19-15-13-17/h12-16H,3-11H2,1-2H3,(H,19,20,21). The van der Waals surface area contributed by atoms with Gasteiger partial charge in [0.15, 0.2) is 0 Å². The molecule has 0 radical (unpaired) electrons. The second kappa shape index (κ2) is 11.3. The second-order valence-corrected chi connectivity index (χ2v) is 5.89. The molecule has 1 rings (SSSR count). The van der Waals surface area contributed by atoms with Crippen molar-refractivity contribution in [2.45, 2.75) is 71.6 Å². The number of amides is 1. The predicted molar refractivity (Wildman–Crippen MR) is 89.3 cm³/mol. The van der Waals surface area contributed by atoms with Crippen LogP contribution in [0.4, 0.5) is 5.69 Å². The molecule has 0 bridgehead atoms. The summed E-state index contributed by atoms with van der Waals surface area (Å²) in [5, 5.41) is 2.94. The lowest BCUT2D eigenvalue weighted by atomic mass is 10.0. The molecule has 1 aromatic heterocycles. The number of anilines is 1. The summed E-state index contributed by atoms with van der Waals surface area (Å²) in [6, 6.07) is 3.64. The predicted octanol–water partition coefficient (Wildman–Crippen LogP) is 5.19. The van der Waals surface area contributed by atoms with Crippen molar-refractivity contribution in [2.75, 3.05) is 5.32 Å². The first-order valence-corrected chi connectivity index (χ1v) is 8.45. The number of unbranched alkanes of at least 4 members (excludes halogenated alkanes) is 7. The Morgan fingerprint density at radius 1 is 1.05 bits per heavy atom. The van der Waals surface area contributed by atoms with Crippen LogP contribution in [0, 0.1) is 5.92 Å². The van der Waals surface area contributed by atoms with E-state index < -0.39 is 0 Å². The van der Waals surface area contributed by atoms with Crippen molar-refractivity contribution in [2.24, 2.45) is 5.92 Å². The van der Waals surface area contributed by atoms with E-state index in [9.17, 15) is 4.79 Å². The molecule has 3 heteroatoms. The molecule has 1 N–H and O–H groups in total. The summed E-state index contributed by atoms with van der Waals surface area (Å²) in [5.74, 6) is 0.197. The van der Waals surface area contributed by atoms with Crippen LogP contribution in [0.3, 0.4) is 0 Å². The van der Waals surface area contributed by atoms with Gasteiger partial charge in [0, 0.05) is 24.0 Å². The van der Waals surface area contributed by atoms with Crippen LogP contribution < -0.4 is 5.32 Å². The third-order valence-electron chi connectivity index (χ3n) is 3.89. The Balaban J connectivity index is 2.05. The fourth-order valence-corrected chi connectivity index (χ4v) is 2.42. The van der Waals surface area contributed by atoms with Gasteiger partial charge in [0.05, 0.1) is 0 Å². The van der Waals surface area contributed by atoms with E-state index >= 15 is 0 Å².